The van der Waals surface area contributed by atoms with Gasteiger partial charge in [-0.1, -0.05) is 12.8 Å². The Morgan fingerprint density at radius 1 is 1.23 bits per heavy atom. The Hall–Kier alpha value is -3.24. The third-order valence-corrected chi connectivity index (χ3v) is 5.78. The molecule has 156 valence electrons. The molecule has 7 nitrogen and oxygen atoms in total. The van der Waals surface area contributed by atoms with E-state index in [1.807, 2.05) is 44.2 Å². The number of anilines is 3. The van der Waals surface area contributed by atoms with Crippen LogP contribution in [-0.2, 0) is 0 Å². The lowest BCUT2D eigenvalue weighted by molar-refractivity contribution is 0.340. The Kier molecular flexibility index (Phi) is 5.77. The standard InChI is InChI=1S/C23H28N6O/c1-3-30-17-10-8-16(9-11-17)27-23-15(2)22(28-20-7-5-4-6-19(20)25)18(14-24)21-12-13-26-29(21)23/h8-13,19-20,27-28H,3-7,25H2,1-2H3/t19-,20-/m1/s1. The molecular weight excluding hydrogens is 376 g/mol. The molecule has 2 atom stereocenters. The van der Waals surface area contributed by atoms with Crippen molar-refractivity contribution in [3.63, 3.8) is 0 Å². The maximum atomic E-state index is 9.92. The molecular formula is C23H28N6O. The summed E-state index contributed by atoms with van der Waals surface area (Å²) in [6.07, 6.45) is 6.05. The number of fused-ring (bicyclic) bond motifs is 1. The maximum Gasteiger partial charge on any atom is 0.137 e. The molecule has 0 aliphatic heterocycles. The zero-order chi connectivity index (χ0) is 21.1. The normalized spacial score (nSPS) is 18.7. The second-order valence-corrected chi connectivity index (χ2v) is 7.75. The van der Waals surface area contributed by atoms with E-state index in [1.54, 1.807) is 10.7 Å². The van der Waals surface area contributed by atoms with Gasteiger partial charge in [-0.2, -0.15) is 10.4 Å². The molecule has 0 spiro atoms. The highest BCUT2D eigenvalue weighted by Crippen LogP contribution is 2.34. The third-order valence-electron chi connectivity index (χ3n) is 5.78. The average Bonchev–Trinajstić information content (AvgIpc) is 3.23. The Morgan fingerprint density at radius 2 is 2.00 bits per heavy atom. The van der Waals surface area contributed by atoms with Crippen molar-refractivity contribution in [1.29, 1.82) is 5.26 Å². The molecule has 1 aliphatic rings. The van der Waals surface area contributed by atoms with Crippen molar-refractivity contribution in [1.82, 2.24) is 9.61 Å². The van der Waals surface area contributed by atoms with Crippen molar-refractivity contribution in [2.75, 3.05) is 17.2 Å². The van der Waals surface area contributed by atoms with Crippen LogP contribution in [-0.4, -0.2) is 28.3 Å². The van der Waals surface area contributed by atoms with E-state index < -0.39 is 0 Å². The van der Waals surface area contributed by atoms with Gasteiger partial charge in [0.15, 0.2) is 0 Å². The first-order chi connectivity index (χ1) is 14.6. The van der Waals surface area contributed by atoms with Crippen LogP contribution >= 0.6 is 0 Å². The van der Waals surface area contributed by atoms with E-state index >= 15 is 0 Å². The number of ether oxygens (including phenoxy) is 1. The second-order valence-electron chi connectivity index (χ2n) is 7.75. The van der Waals surface area contributed by atoms with E-state index in [4.69, 9.17) is 10.5 Å². The van der Waals surface area contributed by atoms with E-state index in [9.17, 15) is 5.26 Å². The van der Waals surface area contributed by atoms with Crippen LogP contribution in [0.4, 0.5) is 17.2 Å². The van der Waals surface area contributed by atoms with E-state index in [2.05, 4.69) is 21.8 Å². The van der Waals surface area contributed by atoms with Crippen molar-refractivity contribution in [3.8, 4) is 11.8 Å². The molecule has 3 aromatic rings. The van der Waals surface area contributed by atoms with Gasteiger partial charge in [0.1, 0.15) is 23.2 Å². The molecule has 2 heterocycles. The zero-order valence-corrected chi connectivity index (χ0v) is 17.5. The predicted molar refractivity (Wildman–Crippen MR) is 119 cm³/mol. The molecule has 0 radical (unpaired) electrons. The summed E-state index contributed by atoms with van der Waals surface area (Å²) in [7, 11) is 0. The summed E-state index contributed by atoms with van der Waals surface area (Å²) < 4.78 is 7.32. The minimum Gasteiger partial charge on any atom is -0.494 e. The highest BCUT2D eigenvalue weighted by molar-refractivity contribution is 5.82. The highest BCUT2D eigenvalue weighted by Gasteiger charge is 2.25. The summed E-state index contributed by atoms with van der Waals surface area (Å²) >= 11 is 0. The Balaban J connectivity index is 1.74. The van der Waals surface area contributed by atoms with Crippen LogP contribution in [0.5, 0.6) is 5.75 Å². The SMILES string of the molecule is CCOc1ccc(Nc2c(C)c(N[C@@H]3CCCC[C@H]3N)c(C#N)c3ccnn23)cc1. The first-order valence-corrected chi connectivity index (χ1v) is 10.5. The van der Waals surface area contributed by atoms with E-state index in [-0.39, 0.29) is 12.1 Å². The number of hydrogen-bond donors (Lipinski definition) is 3. The molecule has 0 saturated heterocycles. The molecule has 30 heavy (non-hydrogen) atoms. The van der Waals surface area contributed by atoms with Gasteiger partial charge in [0.2, 0.25) is 0 Å². The number of rotatable bonds is 6. The van der Waals surface area contributed by atoms with Gasteiger partial charge in [0.05, 0.1) is 24.0 Å². The lowest BCUT2D eigenvalue weighted by atomic mass is 9.90. The summed E-state index contributed by atoms with van der Waals surface area (Å²) in [4.78, 5) is 0. The van der Waals surface area contributed by atoms with Crippen LogP contribution in [0.25, 0.3) is 5.52 Å². The fourth-order valence-electron chi connectivity index (χ4n) is 4.17. The number of aromatic nitrogens is 2. The number of pyridine rings is 1. The largest absolute Gasteiger partial charge is 0.494 e. The third kappa shape index (κ3) is 3.79. The minimum absolute atomic E-state index is 0.0911. The quantitative estimate of drug-likeness (QED) is 0.565. The van der Waals surface area contributed by atoms with Crippen LogP contribution in [0, 0.1) is 18.3 Å². The molecule has 1 aromatic carbocycles. The molecule has 2 aromatic heterocycles. The van der Waals surface area contributed by atoms with E-state index in [1.165, 1.54) is 0 Å². The Morgan fingerprint density at radius 3 is 2.70 bits per heavy atom. The molecule has 1 aliphatic carbocycles. The topological polar surface area (TPSA) is 100 Å². The molecule has 0 bridgehead atoms. The van der Waals surface area contributed by atoms with Gasteiger partial charge >= 0.3 is 0 Å². The van der Waals surface area contributed by atoms with Gasteiger partial charge in [0.25, 0.3) is 0 Å². The van der Waals surface area contributed by atoms with Crippen LogP contribution in [0.1, 0.15) is 43.7 Å². The first-order valence-electron chi connectivity index (χ1n) is 10.5. The maximum absolute atomic E-state index is 9.92. The fraction of sp³-hybridized carbons (Fsp3) is 0.391. The van der Waals surface area contributed by atoms with E-state index in [0.717, 1.165) is 59.7 Å². The number of hydrogen-bond acceptors (Lipinski definition) is 6. The number of nitriles is 1. The van der Waals surface area contributed by atoms with Crippen LogP contribution < -0.4 is 21.1 Å². The van der Waals surface area contributed by atoms with Crippen LogP contribution in [0.2, 0.25) is 0 Å². The van der Waals surface area contributed by atoms with Crippen molar-refractivity contribution < 1.29 is 4.74 Å². The molecule has 1 fully saturated rings. The van der Waals surface area contributed by atoms with Gasteiger partial charge in [-0.25, -0.2) is 4.52 Å². The van der Waals surface area contributed by atoms with Crippen LogP contribution in [0.15, 0.2) is 36.5 Å². The molecule has 1 saturated carbocycles. The summed E-state index contributed by atoms with van der Waals surface area (Å²) in [5.74, 6) is 1.66. The number of nitrogens with two attached hydrogens (primary N) is 1. The Labute approximate surface area is 176 Å². The zero-order valence-electron chi connectivity index (χ0n) is 17.5. The average molecular weight is 405 g/mol. The van der Waals surface area contributed by atoms with Crippen molar-refractivity contribution in [2.45, 2.75) is 51.6 Å². The fourth-order valence-corrected chi connectivity index (χ4v) is 4.17. The predicted octanol–water partition coefficient (Wildman–Crippen LogP) is 4.34. The smallest absolute Gasteiger partial charge is 0.137 e. The van der Waals surface area contributed by atoms with Gasteiger partial charge in [0, 0.05) is 23.3 Å². The molecule has 7 heteroatoms. The van der Waals surface area contributed by atoms with Gasteiger partial charge < -0.3 is 21.1 Å². The van der Waals surface area contributed by atoms with Crippen molar-refractivity contribution in [3.05, 3.63) is 47.7 Å². The second kappa shape index (κ2) is 8.64. The highest BCUT2D eigenvalue weighted by atomic mass is 16.5. The van der Waals surface area contributed by atoms with Crippen molar-refractivity contribution >= 4 is 22.7 Å². The van der Waals surface area contributed by atoms with Crippen molar-refractivity contribution in [2.24, 2.45) is 5.73 Å². The lowest BCUT2D eigenvalue weighted by Crippen LogP contribution is -2.43. The van der Waals surface area contributed by atoms with Crippen LogP contribution in [0.3, 0.4) is 0 Å². The lowest BCUT2D eigenvalue weighted by Gasteiger charge is -2.31. The summed E-state index contributed by atoms with van der Waals surface area (Å²) in [5, 5.41) is 21.5. The summed E-state index contributed by atoms with van der Waals surface area (Å²) in [5.41, 5.74) is 10.4. The minimum atomic E-state index is 0.0911. The number of benzene rings is 1. The molecule has 0 amide bonds. The number of nitrogens with zero attached hydrogens (tertiary/aromatic N) is 3. The molecule has 4 N–H and O–H groups in total. The van der Waals surface area contributed by atoms with E-state index in [0.29, 0.717) is 12.2 Å². The first kappa shape index (κ1) is 20.0. The summed E-state index contributed by atoms with van der Waals surface area (Å²) in [6.45, 7) is 4.61. The monoisotopic (exact) mass is 404 g/mol. The summed E-state index contributed by atoms with van der Waals surface area (Å²) in [6, 6.07) is 12.3. The number of nitrogens with one attached hydrogen (secondary N) is 2. The molecule has 0 unspecified atom stereocenters. The van der Waals surface area contributed by atoms with Gasteiger partial charge in [-0.15, -0.1) is 0 Å². The Bertz CT molecular complexity index is 1070. The van der Waals surface area contributed by atoms with Gasteiger partial charge in [-0.05, 0) is 57.0 Å². The van der Waals surface area contributed by atoms with Gasteiger partial charge in [-0.3, -0.25) is 0 Å². The molecule has 4 rings (SSSR count).